The lowest BCUT2D eigenvalue weighted by molar-refractivity contribution is 0.244. The van der Waals surface area contributed by atoms with Crippen molar-refractivity contribution in [2.24, 2.45) is 0 Å². The summed E-state index contributed by atoms with van der Waals surface area (Å²) in [5.74, 6) is 0.521. The fourth-order valence-electron chi connectivity index (χ4n) is 3.81. The molecule has 0 amide bonds. The maximum absolute atomic E-state index is 13.4. The maximum atomic E-state index is 13.4. The van der Waals surface area contributed by atoms with Crippen LogP contribution in [-0.2, 0) is 19.5 Å². The lowest BCUT2D eigenvalue weighted by atomic mass is 10.1. The summed E-state index contributed by atoms with van der Waals surface area (Å²) in [5, 5.41) is 1.07. The zero-order chi connectivity index (χ0) is 19.1. The Morgan fingerprint density at radius 3 is 2.86 bits per heavy atom. The van der Waals surface area contributed by atoms with Gasteiger partial charge in [0.05, 0.1) is 5.69 Å². The van der Waals surface area contributed by atoms with Crippen LogP contribution >= 0.6 is 0 Å². The van der Waals surface area contributed by atoms with Gasteiger partial charge in [0, 0.05) is 66.2 Å². The molecular formula is C22H20FN5. The molecule has 0 spiro atoms. The molecule has 2 aromatic heterocycles. The number of hydrogen-bond donors (Lipinski definition) is 2. The van der Waals surface area contributed by atoms with E-state index in [0.717, 1.165) is 65.3 Å². The summed E-state index contributed by atoms with van der Waals surface area (Å²) in [6, 6.07) is 12.5. The largest absolute Gasteiger partial charge is 0.399 e. The Balaban J connectivity index is 1.35. The first-order chi connectivity index (χ1) is 13.7. The Morgan fingerprint density at radius 1 is 1.14 bits per heavy atom. The lowest BCUT2D eigenvalue weighted by Gasteiger charge is -2.27. The predicted molar refractivity (Wildman–Crippen MR) is 108 cm³/mol. The highest BCUT2D eigenvalue weighted by molar-refractivity contribution is 5.83. The normalized spacial score (nSPS) is 14.3. The van der Waals surface area contributed by atoms with E-state index < -0.39 is 0 Å². The number of nitrogens with two attached hydrogens (primary N) is 1. The van der Waals surface area contributed by atoms with E-state index in [0.29, 0.717) is 0 Å². The molecule has 0 atom stereocenters. The lowest BCUT2D eigenvalue weighted by Crippen LogP contribution is -2.30. The Labute approximate surface area is 162 Å². The number of anilines is 1. The molecule has 1 aliphatic rings. The number of H-pyrrole nitrogens is 1. The quantitative estimate of drug-likeness (QED) is 0.534. The second-order valence-electron chi connectivity index (χ2n) is 7.25. The van der Waals surface area contributed by atoms with Crippen molar-refractivity contribution < 1.29 is 4.39 Å². The molecule has 140 valence electrons. The van der Waals surface area contributed by atoms with Crippen LogP contribution in [0.25, 0.3) is 22.3 Å². The van der Waals surface area contributed by atoms with Crippen LogP contribution in [0.15, 0.2) is 54.9 Å². The summed E-state index contributed by atoms with van der Waals surface area (Å²) in [6.07, 6.45) is 4.79. The Kier molecular flexibility index (Phi) is 4.06. The molecule has 0 fully saturated rings. The van der Waals surface area contributed by atoms with Gasteiger partial charge in [0.15, 0.2) is 5.82 Å². The molecule has 3 N–H and O–H groups in total. The number of aromatic amines is 1. The number of halogens is 1. The van der Waals surface area contributed by atoms with E-state index in [2.05, 4.69) is 14.9 Å². The second kappa shape index (κ2) is 6.73. The molecule has 6 heteroatoms. The molecule has 5 nitrogen and oxygen atoms in total. The smallest absolute Gasteiger partial charge is 0.159 e. The average Bonchev–Trinajstić information content (AvgIpc) is 3.10. The van der Waals surface area contributed by atoms with E-state index in [1.807, 2.05) is 42.7 Å². The Bertz CT molecular complexity index is 1150. The minimum Gasteiger partial charge on any atom is -0.399 e. The monoisotopic (exact) mass is 373 g/mol. The number of fused-ring (bicyclic) bond motifs is 2. The summed E-state index contributed by atoms with van der Waals surface area (Å²) in [4.78, 5) is 14.9. The van der Waals surface area contributed by atoms with Crippen LogP contribution in [0.5, 0.6) is 0 Å². The fraction of sp³-hybridized carbons (Fsp3) is 0.182. The molecule has 1 aliphatic heterocycles. The Morgan fingerprint density at radius 2 is 2.00 bits per heavy atom. The highest BCUT2D eigenvalue weighted by Crippen LogP contribution is 2.25. The highest BCUT2D eigenvalue weighted by atomic mass is 19.1. The summed E-state index contributed by atoms with van der Waals surface area (Å²) in [5.41, 5.74) is 11.8. The summed E-state index contributed by atoms with van der Waals surface area (Å²) < 4.78 is 13.4. The molecule has 0 bridgehead atoms. The van der Waals surface area contributed by atoms with Crippen molar-refractivity contribution in [3.63, 3.8) is 0 Å². The fourth-order valence-corrected chi connectivity index (χ4v) is 3.81. The molecule has 3 heterocycles. The van der Waals surface area contributed by atoms with E-state index in [-0.39, 0.29) is 5.82 Å². The molecular weight excluding hydrogens is 353 g/mol. The van der Waals surface area contributed by atoms with Gasteiger partial charge in [0.2, 0.25) is 0 Å². The van der Waals surface area contributed by atoms with Crippen molar-refractivity contribution in [3.05, 3.63) is 77.5 Å². The molecule has 5 rings (SSSR count). The first-order valence-corrected chi connectivity index (χ1v) is 9.34. The third-order valence-electron chi connectivity index (χ3n) is 5.31. The van der Waals surface area contributed by atoms with E-state index >= 15 is 0 Å². The standard InChI is InChI=1S/C22H20FN5/c23-17-3-6-19-15(10-25-21(19)9-17)12-28-8-7-20-16(13-28)11-26-22(27-20)14-1-4-18(24)5-2-14/h1-6,9-11,25H,7-8,12-13,24H2. The zero-order valence-corrected chi connectivity index (χ0v) is 15.3. The van der Waals surface area contributed by atoms with Crippen LogP contribution in [-0.4, -0.2) is 26.4 Å². The molecule has 0 saturated heterocycles. The van der Waals surface area contributed by atoms with Crippen molar-refractivity contribution in [3.8, 4) is 11.4 Å². The molecule has 4 aromatic rings. The highest BCUT2D eigenvalue weighted by Gasteiger charge is 2.20. The average molecular weight is 373 g/mol. The summed E-state index contributed by atoms with van der Waals surface area (Å²) >= 11 is 0. The van der Waals surface area contributed by atoms with Gasteiger partial charge in [-0.3, -0.25) is 4.90 Å². The number of nitrogen functional groups attached to an aromatic ring is 1. The van der Waals surface area contributed by atoms with Crippen molar-refractivity contribution in [2.45, 2.75) is 19.5 Å². The van der Waals surface area contributed by atoms with Crippen molar-refractivity contribution in [2.75, 3.05) is 12.3 Å². The molecule has 28 heavy (non-hydrogen) atoms. The van der Waals surface area contributed by atoms with Gasteiger partial charge in [-0.05, 0) is 48.0 Å². The van der Waals surface area contributed by atoms with E-state index in [9.17, 15) is 4.39 Å². The first kappa shape index (κ1) is 16.9. The van der Waals surface area contributed by atoms with Crippen LogP contribution in [0.1, 0.15) is 16.8 Å². The van der Waals surface area contributed by atoms with Gasteiger partial charge in [-0.25, -0.2) is 14.4 Å². The predicted octanol–water partition coefficient (Wildman–Crippen LogP) is 3.90. The van der Waals surface area contributed by atoms with Crippen LogP contribution in [0.3, 0.4) is 0 Å². The molecule has 0 radical (unpaired) electrons. The van der Waals surface area contributed by atoms with Gasteiger partial charge in [-0.2, -0.15) is 0 Å². The minimum absolute atomic E-state index is 0.221. The van der Waals surface area contributed by atoms with Crippen LogP contribution < -0.4 is 5.73 Å². The summed E-state index contributed by atoms with van der Waals surface area (Å²) in [6.45, 7) is 2.55. The topological polar surface area (TPSA) is 70.8 Å². The number of hydrogen-bond acceptors (Lipinski definition) is 4. The van der Waals surface area contributed by atoms with Gasteiger partial charge in [0.25, 0.3) is 0 Å². The third kappa shape index (κ3) is 3.12. The molecule has 2 aromatic carbocycles. The number of aromatic nitrogens is 3. The number of benzene rings is 2. The van der Waals surface area contributed by atoms with Gasteiger partial charge >= 0.3 is 0 Å². The minimum atomic E-state index is -0.221. The van der Waals surface area contributed by atoms with Crippen molar-refractivity contribution in [1.29, 1.82) is 0 Å². The van der Waals surface area contributed by atoms with Crippen LogP contribution in [0.2, 0.25) is 0 Å². The van der Waals surface area contributed by atoms with Gasteiger partial charge < -0.3 is 10.7 Å². The van der Waals surface area contributed by atoms with Gasteiger partial charge in [-0.1, -0.05) is 0 Å². The van der Waals surface area contributed by atoms with Crippen molar-refractivity contribution >= 4 is 16.6 Å². The zero-order valence-electron chi connectivity index (χ0n) is 15.3. The number of rotatable bonds is 3. The third-order valence-corrected chi connectivity index (χ3v) is 5.31. The van der Waals surface area contributed by atoms with Crippen LogP contribution in [0.4, 0.5) is 10.1 Å². The Hall–Kier alpha value is -3.25. The molecule has 0 aliphatic carbocycles. The number of nitrogens with zero attached hydrogens (tertiary/aromatic N) is 3. The summed E-state index contributed by atoms with van der Waals surface area (Å²) in [7, 11) is 0. The maximum Gasteiger partial charge on any atom is 0.159 e. The number of nitrogens with one attached hydrogen (secondary N) is 1. The van der Waals surface area contributed by atoms with Gasteiger partial charge in [-0.15, -0.1) is 0 Å². The van der Waals surface area contributed by atoms with Crippen LogP contribution in [0, 0.1) is 5.82 Å². The second-order valence-corrected chi connectivity index (χ2v) is 7.25. The SMILES string of the molecule is Nc1ccc(-c2ncc3c(n2)CCN(Cc2c[nH]c4cc(F)ccc24)C3)cc1. The van der Waals surface area contributed by atoms with E-state index in [4.69, 9.17) is 10.7 Å². The van der Waals surface area contributed by atoms with Gasteiger partial charge in [0.1, 0.15) is 5.82 Å². The first-order valence-electron chi connectivity index (χ1n) is 9.34. The van der Waals surface area contributed by atoms with E-state index in [1.54, 1.807) is 0 Å². The van der Waals surface area contributed by atoms with E-state index in [1.165, 1.54) is 17.7 Å². The van der Waals surface area contributed by atoms with Crippen molar-refractivity contribution in [1.82, 2.24) is 19.9 Å². The molecule has 0 unspecified atom stereocenters. The molecule has 0 saturated carbocycles.